The molecule has 0 fully saturated rings. The van der Waals surface area contributed by atoms with Crippen molar-refractivity contribution in [2.75, 3.05) is 7.05 Å². The van der Waals surface area contributed by atoms with Crippen LogP contribution in [0, 0.1) is 6.92 Å². The minimum atomic E-state index is -3.68. The van der Waals surface area contributed by atoms with Gasteiger partial charge in [-0.25, -0.2) is 13.4 Å². The summed E-state index contributed by atoms with van der Waals surface area (Å²) in [5.41, 5.74) is -0.355. The van der Waals surface area contributed by atoms with Gasteiger partial charge in [0, 0.05) is 19.3 Å². The summed E-state index contributed by atoms with van der Waals surface area (Å²) in [5, 5.41) is 6.52. The van der Waals surface area contributed by atoms with Crippen LogP contribution in [-0.2, 0) is 16.6 Å². The van der Waals surface area contributed by atoms with E-state index in [0.29, 0.717) is 11.6 Å². The summed E-state index contributed by atoms with van der Waals surface area (Å²) in [7, 11) is -2.25. The third-order valence-electron chi connectivity index (χ3n) is 2.47. The van der Waals surface area contributed by atoms with E-state index in [-0.39, 0.29) is 17.0 Å². The first-order valence-electron chi connectivity index (χ1n) is 5.42. The van der Waals surface area contributed by atoms with E-state index in [2.05, 4.69) is 20.2 Å². The molecule has 0 saturated heterocycles. The second-order valence-electron chi connectivity index (χ2n) is 3.99. The molecule has 0 radical (unpaired) electrons. The highest BCUT2D eigenvalue weighted by Crippen LogP contribution is 2.13. The van der Waals surface area contributed by atoms with E-state index in [9.17, 15) is 13.2 Å². The number of sulfonamides is 1. The molecule has 9 heteroatoms. The molecule has 0 spiro atoms. The van der Waals surface area contributed by atoms with Gasteiger partial charge in [-0.3, -0.25) is 9.89 Å². The standard InChI is InChI=1S/C10H13N5O3S/c1-7-12-9(14-13-7)6-15(2)19(17,18)8-3-4-10(16)11-5-8/h3-5H,6H2,1-2H3,(H,11,16)(H,12,13,14). The molecule has 0 amide bonds. The highest BCUT2D eigenvalue weighted by atomic mass is 32.2. The van der Waals surface area contributed by atoms with Gasteiger partial charge in [0.1, 0.15) is 5.82 Å². The van der Waals surface area contributed by atoms with Gasteiger partial charge in [0.25, 0.3) is 0 Å². The molecule has 19 heavy (non-hydrogen) atoms. The Morgan fingerprint density at radius 2 is 2.11 bits per heavy atom. The number of nitrogens with zero attached hydrogens (tertiary/aromatic N) is 3. The number of aromatic nitrogens is 4. The van der Waals surface area contributed by atoms with Crippen LogP contribution >= 0.6 is 0 Å². The Morgan fingerprint density at radius 1 is 1.37 bits per heavy atom. The number of aryl methyl sites for hydroxylation is 1. The molecule has 0 bridgehead atoms. The maximum Gasteiger partial charge on any atom is 0.247 e. The Kier molecular flexibility index (Phi) is 3.49. The molecule has 0 aromatic carbocycles. The van der Waals surface area contributed by atoms with E-state index >= 15 is 0 Å². The smallest absolute Gasteiger partial charge is 0.247 e. The number of nitrogens with one attached hydrogen (secondary N) is 2. The van der Waals surface area contributed by atoms with Crippen molar-refractivity contribution in [3.8, 4) is 0 Å². The van der Waals surface area contributed by atoms with Crippen LogP contribution in [-0.4, -0.2) is 39.9 Å². The molecule has 2 rings (SSSR count). The lowest BCUT2D eigenvalue weighted by Gasteiger charge is -2.14. The molecule has 2 aromatic rings. The van der Waals surface area contributed by atoms with Crippen molar-refractivity contribution in [3.63, 3.8) is 0 Å². The van der Waals surface area contributed by atoms with E-state index in [1.54, 1.807) is 6.92 Å². The summed E-state index contributed by atoms with van der Waals surface area (Å²) in [5.74, 6) is 0.998. The highest BCUT2D eigenvalue weighted by molar-refractivity contribution is 7.89. The molecule has 2 heterocycles. The van der Waals surface area contributed by atoms with E-state index in [0.717, 1.165) is 16.6 Å². The normalized spacial score (nSPS) is 11.9. The first-order valence-corrected chi connectivity index (χ1v) is 6.86. The zero-order chi connectivity index (χ0) is 14.0. The largest absolute Gasteiger partial charge is 0.328 e. The summed E-state index contributed by atoms with van der Waals surface area (Å²) < 4.78 is 25.5. The van der Waals surface area contributed by atoms with Crippen LogP contribution in [0.15, 0.2) is 28.0 Å². The lowest BCUT2D eigenvalue weighted by Crippen LogP contribution is -2.27. The Balaban J connectivity index is 2.24. The van der Waals surface area contributed by atoms with Gasteiger partial charge < -0.3 is 4.98 Å². The molecule has 0 saturated carbocycles. The Morgan fingerprint density at radius 3 is 2.63 bits per heavy atom. The number of hydrogen-bond acceptors (Lipinski definition) is 5. The fourth-order valence-corrected chi connectivity index (χ4v) is 2.57. The van der Waals surface area contributed by atoms with Crippen LogP contribution in [0.2, 0.25) is 0 Å². The van der Waals surface area contributed by atoms with Gasteiger partial charge in [0.05, 0.1) is 11.4 Å². The third kappa shape index (κ3) is 2.88. The average molecular weight is 283 g/mol. The number of hydrogen-bond donors (Lipinski definition) is 2. The van der Waals surface area contributed by atoms with Gasteiger partial charge in [-0.15, -0.1) is 0 Å². The topological polar surface area (TPSA) is 112 Å². The number of rotatable bonds is 4. The fourth-order valence-electron chi connectivity index (χ4n) is 1.48. The van der Waals surface area contributed by atoms with Crippen LogP contribution in [0.4, 0.5) is 0 Å². The molecule has 102 valence electrons. The molecule has 0 atom stereocenters. The minimum Gasteiger partial charge on any atom is -0.328 e. The van der Waals surface area contributed by atoms with Crippen molar-refractivity contribution < 1.29 is 8.42 Å². The molecule has 8 nitrogen and oxygen atoms in total. The van der Waals surface area contributed by atoms with Gasteiger partial charge >= 0.3 is 0 Å². The van der Waals surface area contributed by atoms with Crippen molar-refractivity contribution in [1.29, 1.82) is 0 Å². The Labute approximate surface area is 109 Å². The maximum atomic E-state index is 12.2. The number of H-pyrrole nitrogens is 2. The van der Waals surface area contributed by atoms with Crippen LogP contribution in [0.3, 0.4) is 0 Å². The van der Waals surface area contributed by atoms with Crippen molar-refractivity contribution in [3.05, 3.63) is 40.3 Å². The molecular weight excluding hydrogens is 270 g/mol. The summed E-state index contributed by atoms with van der Waals surface area (Å²) >= 11 is 0. The summed E-state index contributed by atoms with van der Waals surface area (Å²) in [4.78, 5) is 17.3. The Bertz CT molecular complexity index is 713. The first kappa shape index (κ1) is 13.4. The van der Waals surface area contributed by atoms with Gasteiger partial charge in [-0.1, -0.05) is 0 Å². The third-order valence-corrected chi connectivity index (χ3v) is 4.27. The molecule has 0 unspecified atom stereocenters. The predicted molar refractivity (Wildman–Crippen MR) is 66.8 cm³/mol. The molecular formula is C10H13N5O3S. The summed E-state index contributed by atoms with van der Waals surface area (Å²) in [6.07, 6.45) is 1.16. The van der Waals surface area contributed by atoms with Gasteiger partial charge in [0.15, 0.2) is 5.82 Å². The van der Waals surface area contributed by atoms with E-state index in [1.807, 2.05) is 0 Å². The first-order chi connectivity index (χ1) is 8.89. The average Bonchev–Trinajstić information content (AvgIpc) is 2.75. The van der Waals surface area contributed by atoms with E-state index < -0.39 is 10.0 Å². The SMILES string of the molecule is Cc1nc(CN(C)S(=O)(=O)c2ccc(=O)[nH]c2)n[nH]1. The van der Waals surface area contributed by atoms with Crippen molar-refractivity contribution >= 4 is 10.0 Å². The Hall–Kier alpha value is -2.00. The van der Waals surface area contributed by atoms with Crippen molar-refractivity contribution in [2.45, 2.75) is 18.4 Å². The highest BCUT2D eigenvalue weighted by Gasteiger charge is 2.22. The lowest BCUT2D eigenvalue weighted by molar-refractivity contribution is 0.457. The van der Waals surface area contributed by atoms with Crippen LogP contribution in [0.1, 0.15) is 11.6 Å². The minimum absolute atomic E-state index is 0.0156. The van der Waals surface area contributed by atoms with Crippen LogP contribution < -0.4 is 5.56 Å². The van der Waals surface area contributed by atoms with Crippen LogP contribution in [0.5, 0.6) is 0 Å². The maximum absolute atomic E-state index is 12.2. The monoisotopic (exact) mass is 283 g/mol. The zero-order valence-electron chi connectivity index (χ0n) is 10.4. The lowest BCUT2D eigenvalue weighted by atomic mass is 10.5. The second-order valence-corrected chi connectivity index (χ2v) is 6.03. The fraction of sp³-hybridized carbons (Fsp3) is 0.300. The van der Waals surface area contributed by atoms with Gasteiger partial charge in [-0.2, -0.15) is 9.40 Å². The summed E-state index contributed by atoms with van der Waals surface area (Å²) in [6, 6.07) is 2.42. The van der Waals surface area contributed by atoms with Gasteiger partial charge in [-0.05, 0) is 13.0 Å². The molecule has 2 N–H and O–H groups in total. The van der Waals surface area contributed by atoms with Gasteiger partial charge in [0.2, 0.25) is 15.6 Å². The van der Waals surface area contributed by atoms with Crippen molar-refractivity contribution in [2.24, 2.45) is 0 Å². The zero-order valence-corrected chi connectivity index (χ0v) is 11.2. The molecule has 0 aliphatic rings. The second kappa shape index (κ2) is 4.94. The molecule has 0 aliphatic heterocycles. The number of aromatic amines is 2. The molecule has 0 aliphatic carbocycles. The summed E-state index contributed by atoms with van der Waals surface area (Å²) in [6.45, 7) is 1.78. The quantitative estimate of drug-likeness (QED) is 0.794. The predicted octanol–water partition coefficient (Wildman–Crippen LogP) is -0.378. The van der Waals surface area contributed by atoms with E-state index in [1.165, 1.54) is 13.1 Å². The number of pyridine rings is 1. The van der Waals surface area contributed by atoms with E-state index in [4.69, 9.17) is 0 Å². The van der Waals surface area contributed by atoms with Crippen LogP contribution in [0.25, 0.3) is 0 Å². The molecule has 2 aromatic heterocycles. The van der Waals surface area contributed by atoms with Crippen molar-refractivity contribution in [1.82, 2.24) is 24.5 Å².